The third-order valence-electron chi connectivity index (χ3n) is 3.99. The van der Waals surface area contributed by atoms with Crippen molar-refractivity contribution in [2.24, 2.45) is 23.2 Å². The quantitative estimate of drug-likeness (QED) is 0.692. The van der Waals surface area contributed by atoms with Crippen LogP contribution in [0, 0.1) is 23.2 Å². The third-order valence-corrected chi connectivity index (χ3v) is 3.99. The van der Waals surface area contributed by atoms with E-state index < -0.39 is 0 Å². The highest BCUT2D eigenvalue weighted by molar-refractivity contribution is 5.81. The summed E-state index contributed by atoms with van der Waals surface area (Å²) in [5.74, 6) is 2.41. The highest BCUT2D eigenvalue weighted by Crippen LogP contribution is 2.35. The summed E-state index contributed by atoms with van der Waals surface area (Å²) in [6.45, 7) is 11.4. The minimum Gasteiger partial charge on any atom is -0.299 e. The van der Waals surface area contributed by atoms with Gasteiger partial charge in [0.25, 0.3) is 0 Å². The second kappa shape index (κ2) is 5.33. The van der Waals surface area contributed by atoms with Crippen LogP contribution in [0.1, 0.15) is 66.7 Å². The first-order valence-electron chi connectivity index (χ1n) is 6.82. The van der Waals surface area contributed by atoms with Gasteiger partial charge in [-0.15, -0.1) is 0 Å². The Balaban J connectivity index is 2.47. The molecular formula is C15H28O. The molecular weight excluding hydrogens is 196 g/mol. The van der Waals surface area contributed by atoms with Crippen LogP contribution in [-0.4, -0.2) is 5.78 Å². The number of rotatable bonds is 3. The van der Waals surface area contributed by atoms with E-state index in [9.17, 15) is 4.79 Å². The first-order valence-corrected chi connectivity index (χ1v) is 6.82. The highest BCUT2D eigenvalue weighted by atomic mass is 16.1. The molecule has 1 saturated carbocycles. The Morgan fingerprint density at radius 1 is 1.31 bits per heavy atom. The van der Waals surface area contributed by atoms with E-state index in [1.165, 1.54) is 6.42 Å². The monoisotopic (exact) mass is 224 g/mol. The van der Waals surface area contributed by atoms with Gasteiger partial charge in [0.05, 0.1) is 0 Å². The molecule has 0 N–H and O–H groups in total. The average molecular weight is 224 g/mol. The number of hydrogen-bond acceptors (Lipinski definition) is 1. The van der Waals surface area contributed by atoms with Crippen LogP contribution in [0.3, 0.4) is 0 Å². The summed E-state index contributed by atoms with van der Waals surface area (Å²) in [6.07, 6.45) is 5.38. The van der Waals surface area contributed by atoms with Gasteiger partial charge in [0.2, 0.25) is 0 Å². The van der Waals surface area contributed by atoms with Crippen LogP contribution >= 0.6 is 0 Å². The van der Waals surface area contributed by atoms with Crippen molar-refractivity contribution in [1.29, 1.82) is 0 Å². The third kappa shape index (κ3) is 4.27. The first-order chi connectivity index (χ1) is 7.29. The summed E-state index contributed by atoms with van der Waals surface area (Å²) < 4.78 is 0. The van der Waals surface area contributed by atoms with Crippen molar-refractivity contribution in [3.05, 3.63) is 0 Å². The summed E-state index contributed by atoms with van der Waals surface area (Å²) in [5, 5.41) is 0. The van der Waals surface area contributed by atoms with Gasteiger partial charge in [-0.05, 0) is 42.9 Å². The van der Waals surface area contributed by atoms with Crippen LogP contribution in [0.15, 0.2) is 0 Å². The van der Waals surface area contributed by atoms with Crippen molar-refractivity contribution in [2.75, 3.05) is 0 Å². The minimum atomic E-state index is 0.361. The molecule has 94 valence electrons. The van der Waals surface area contributed by atoms with Gasteiger partial charge in [-0.2, -0.15) is 0 Å². The number of hydrogen-bond donors (Lipinski definition) is 0. The summed E-state index contributed by atoms with van der Waals surface area (Å²) in [7, 11) is 0. The molecule has 0 bridgehead atoms. The predicted molar refractivity (Wildman–Crippen MR) is 69.4 cm³/mol. The number of carbonyl (C=O) groups is 1. The zero-order valence-corrected chi connectivity index (χ0v) is 11.7. The van der Waals surface area contributed by atoms with E-state index >= 15 is 0 Å². The summed E-state index contributed by atoms with van der Waals surface area (Å²) in [6, 6.07) is 0. The summed E-state index contributed by atoms with van der Waals surface area (Å²) in [5.41, 5.74) is 0.366. The van der Waals surface area contributed by atoms with Crippen molar-refractivity contribution >= 4 is 5.78 Å². The standard InChI is InChI=1S/C15H28O/c1-11(2)12-6-7-14(16)13(10-12)8-9-15(3,4)5/h11-13H,6-10H2,1-5H3. The second-order valence-electron chi connectivity index (χ2n) is 7.04. The molecule has 0 heterocycles. The van der Waals surface area contributed by atoms with Crippen molar-refractivity contribution < 1.29 is 4.79 Å². The Kier molecular flexibility index (Phi) is 4.58. The zero-order valence-electron chi connectivity index (χ0n) is 11.7. The molecule has 1 fully saturated rings. The molecule has 0 radical (unpaired) electrons. The van der Waals surface area contributed by atoms with Crippen LogP contribution in [-0.2, 0) is 4.79 Å². The molecule has 0 spiro atoms. The van der Waals surface area contributed by atoms with Gasteiger partial charge in [0.1, 0.15) is 5.78 Å². The molecule has 0 saturated heterocycles. The Labute approximate surface area is 101 Å². The predicted octanol–water partition coefficient (Wildman–Crippen LogP) is 4.45. The van der Waals surface area contributed by atoms with E-state index in [0.29, 0.717) is 17.1 Å². The lowest BCUT2D eigenvalue weighted by Crippen LogP contribution is -2.28. The molecule has 0 aromatic rings. The SMILES string of the molecule is CC(C)C1CCC(=O)C(CCC(C)(C)C)C1. The van der Waals surface area contributed by atoms with Gasteiger partial charge in [0, 0.05) is 12.3 Å². The average Bonchev–Trinajstić information content (AvgIpc) is 2.14. The van der Waals surface area contributed by atoms with E-state index in [-0.39, 0.29) is 0 Å². The van der Waals surface area contributed by atoms with Crippen LogP contribution in [0.4, 0.5) is 0 Å². The normalized spacial score (nSPS) is 27.5. The molecule has 2 unspecified atom stereocenters. The molecule has 0 aromatic heterocycles. The van der Waals surface area contributed by atoms with Gasteiger partial charge < -0.3 is 0 Å². The number of ketones is 1. The Hall–Kier alpha value is -0.330. The van der Waals surface area contributed by atoms with Crippen LogP contribution < -0.4 is 0 Å². The maximum Gasteiger partial charge on any atom is 0.135 e. The molecule has 0 aliphatic heterocycles. The fourth-order valence-corrected chi connectivity index (χ4v) is 2.64. The van der Waals surface area contributed by atoms with Gasteiger partial charge in [-0.25, -0.2) is 0 Å². The van der Waals surface area contributed by atoms with E-state index in [0.717, 1.165) is 37.5 Å². The summed E-state index contributed by atoms with van der Waals surface area (Å²) in [4.78, 5) is 11.9. The maximum absolute atomic E-state index is 11.9. The van der Waals surface area contributed by atoms with E-state index in [1.807, 2.05) is 0 Å². The molecule has 2 atom stereocenters. The minimum absolute atomic E-state index is 0.361. The van der Waals surface area contributed by atoms with E-state index in [1.54, 1.807) is 0 Å². The van der Waals surface area contributed by atoms with Gasteiger partial charge >= 0.3 is 0 Å². The van der Waals surface area contributed by atoms with E-state index in [4.69, 9.17) is 0 Å². The largest absolute Gasteiger partial charge is 0.299 e. The highest BCUT2D eigenvalue weighted by Gasteiger charge is 2.30. The fraction of sp³-hybridized carbons (Fsp3) is 0.933. The van der Waals surface area contributed by atoms with Crippen molar-refractivity contribution in [2.45, 2.75) is 66.7 Å². The van der Waals surface area contributed by atoms with Crippen molar-refractivity contribution in [1.82, 2.24) is 0 Å². The van der Waals surface area contributed by atoms with Gasteiger partial charge in [0.15, 0.2) is 0 Å². The first kappa shape index (κ1) is 13.7. The molecule has 0 aromatic carbocycles. The van der Waals surface area contributed by atoms with Crippen LogP contribution in [0.2, 0.25) is 0 Å². The Bertz CT molecular complexity index is 234. The Morgan fingerprint density at radius 2 is 1.94 bits per heavy atom. The van der Waals surface area contributed by atoms with Crippen molar-refractivity contribution in [3.63, 3.8) is 0 Å². The molecule has 0 amide bonds. The lowest BCUT2D eigenvalue weighted by molar-refractivity contribution is -0.126. The van der Waals surface area contributed by atoms with Crippen LogP contribution in [0.25, 0.3) is 0 Å². The lowest BCUT2D eigenvalue weighted by Gasteiger charge is -2.32. The van der Waals surface area contributed by atoms with Crippen molar-refractivity contribution in [3.8, 4) is 0 Å². The molecule has 1 rings (SSSR count). The second-order valence-corrected chi connectivity index (χ2v) is 7.04. The Morgan fingerprint density at radius 3 is 2.44 bits per heavy atom. The fourth-order valence-electron chi connectivity index (χ4n) is 2.64. The molecule has 16 heavy (non-hydrogen) atoms. The zero-order chi connectivity index (χ0) is 12.3. The smallest absolute Gasteiger partial charge is 0.135 e. The lowest BCUT2D eigenvalue weighted by atomic mass is 9.72. The summed E-state index contributed by atoms with van der Waals surface area (Å²) >= 11 is 0. The van der Waals surface area contributed by atoms with Gasteiger partial charge in [-0.3, -0.25) is 4.79 Å². The number of carbonyl (C=O) groups excluding carboxylic acids is 1. The molecule has 1 aliphatic rings. The molecule has 1 nitrogen and oxygen atoms in total. The van der Waals surface area contributed by atoms with E-state index in [2.05, 4.69) is 34.6 Å². The number of Topliss-reactive ketones (excluding diaryl/α,β-unsaturated/α-hetero) is 1. The van der Waals surface area contributed by atoms with Gasteiger partial charge in [-0.1, -0.05) is 34.6 Å². The maximum atomic E-state index is 11.9. The molecule has 1 aliphatic carbocycles. The topological polar surface area (TPSA) is 17.1 Å². The van der Waals surface area contributed by atoms with Crippen LogP contribution in [0.5, 0.6) is 0 Å². The molecule has 1 heteroatoms.